The molecular weight excluding hydrogens is 277 g/mol. The third-order valence-electron chi connectivity index (χ3n) is 2.38. The smallest absolute Gasteiger partial charge is 0.406 e. The van der Waals surface area contributed by atoms with Crippen LogP contribution in [0.1, 0.15) is 15.9 Å². The van der Waals surface area contributed by atoms with Crippen molar-refractivity contribution in [2.75, 3.05) is 0 Å². The van der Waals surface area contributed by atoms with Crippen LogP contribution >= 0.6 is 11.3 Å². The van der Waals surface area contributed by atoms with Crippen molar-refractivity contribution in [1.29, 1.82) is 0 Å². The van der Waals surface area contributed by atoms with E-state index in [9.17, 15) is 18.0 Å². The van der Waals surface area contributed by atoms with Crippen LogP contribution in [0.5, 0.6) is 5.75 Å². The van der Waals surface area contributed by atoms with E-state index in [0.717, 1.165) is 16.5 Å². The van der Waals surface area contributed by atoms with E-state index in [4.69, 9.17) is 0 Å². The Morgan fingerprint density at radius 3 is 2.53 bits per heavy atom. The lowest BCUT2D eigenvalue weighted by Gasteiger charge is -2.10. The Kier molecular flexibility index (Phi) is 3.61. The van der Waals surface area contributed by atoms with Crippen molar-refractivity contribution >= 4 is 17.6 Å². The van der Waals surface area contributed by atoms with Gasteiger partial charge in [-0.1, -0.05) is 0 Å². The highest BCUT2D eigenvalue weighted by atomic mass is 32.1. The van der Waals surface area contributed by atoms with Crippen LogP contribution in [-0.4, -0.2) is 12.6 Å². The molecule has 0 aliphatic carbocycles. The van der Waals surface area contributed by atoms with Crippen LogP contribution in [0, 0.1) is 6.92 Å². The van der Waals surface area contributed by atoms with Gasteiger partial charge in [0.15, 0.2) is 6.29 Å². The number of benzene rings is 1. The molecule has 6 heteroatoms. The van der Waals surface area contributed by atoms with E-state index in [1.807, 2.05) is 18.4 Å². The van der Waals surface area contributed by atoms with Gasteiger partial charge in [-0.25, -0.2) is 0 Å². The van der Waals surface area contributed by atoms with Gasteiger partial charge < -0.3 is 4.74 Å². The first-order chi connectivity index (χ1) is 8.89. The van der Waals surface area contributed by atoms with Crippen molar-refractivity contribution in [3.8, 4) is 16.2 Å². The molecule has 0 N–H and O–H groups in total. The van der Waals surface area contributed by atoms with E-state index in [1.54, 1.807) is 0 Å². The van der Waals surface area contributed by atoms with Crippen molar-refractivity contribution in [3.05, 3.63) is 40.8 Å². The van der Waals surface area contributed by atoms with Crippen molar-refractivity contribution in [3.63, 3.8) is 0 Å². The number of ether oxygens (including phenoxy) is 1. The molecule has 0 fully saturated rings. The van der Waals surface area contributed by atoms with Gasteiger partial charge in [0, 0.05) is 16.0 Å². The zero-order chi connectivity index (χ0) is 14.0. The summed E-state index contributed by atoms with van der Waals surface area (Å²) in [6.45, 7) is 1.87. The van der Waals surface area contributed by atoms with Crippen molar-refractivity contribution in [2.45, 2.75) is 13.3 Å². The molecule has 0 atom stereocenters. The largest absolute Gasteiger partial charge is 0.573 e. The molecule has 0 bridgehead atoms. The van der Waals surface area contributed by atoms with Gasteiger partial charge in [-0.3, -0.25) is 4.79 Å². The first-order valence-corrected chi connectivity index (χ1v) is 6.17. The summed E-state index contributed by atoms with van der Waals surface area (Å²) in [5.41, 5.74) is 1.75. The van der Waals surface area contributed by atoms with Crippen LogP contribution in [0.2, 0.25) is 0 Å². The standard InChI is InChI=1S/C13H9F3O2S/c1-8-4-12(19-7-8)11-5-10(18-13(14,15)16)3-2-9(11)6-17/h2-7H,1H3. The predicted molar refractivity (Wildman–Crippen MR) is 66.6 cm³/mol. The molecule has 2 rings (SSSR count). The van der Waals surface area contributed by atoms with Gasteiger partial charge in [0.1, 0.15) is 5.75 Å². The molecule has 1 aromatic carbocycles. The molecule has 0 saturated heterocycles. The molecule has 0 radical (unpaired) electrons. The number of aldehydes is 1. The molecule has 0 amide bonds. The fourth-order valence-corrected chi connectivity index (χ4v) is 2.56. The van der Waals surface area contributed by atoms with E-state index in [1.165, 1.54) is 23.5 Å². The normalized spacial score (nSPS) is 11.4. The van der Waals surface area contributed by atoms with Crippen LogP contribution in [0.25, 0.3) is 10.4 Å². The first kappa shape index (κ1) is 13.6. The van der Waals surface area contributed by atoms with Crippen LogP contribution in [0.15, 0.2) is 29.6 Å². The Morgan fingerprint density at radius 2 is 2.00 bits per heavy atom. The van der Waals surface area contributed by atoms with Gasteiger partial charge >= 0.3 is 6.36 Å². The fraction of sp³-hybridized carbons (Fsp3) is 0.154. The number of thiophene rings is 1. The van der Waals surface area contributed by atoms with Gasteiger partial charge in [0.25, 0.3) is 0 Å². The molecule has 0 aliphatic heterocycles. The SMILES string of the molecule is Cc1csc(-c2cc(OC(F)(F)F)ccc2C=O)c1. The van der Waals surface area contributed by atoms with Gasteiger partial charge in [-0.15, -0.1) is 24.5 Å². The Bertz CT molecular complexity index is 602. The maximum atomic E-state index is 12.2. The van der Waals surface area contributed by atoms with Crippen molar-refractivity contribution in [1.82, 2.24) is 0 Å². The fourth-order valence-electron chi connectivity index (χ4n) is 1.62. The summed E-state index contributed by atoms with van der Waals surface area (Å²) in [4.78, 5) is 11.7. The summed E-state index contributed by atoms with van der Waals surface area (Å²) in [5, 5.41) is 1.86. The number of aryl methyl sites for hydroxylation is 1. The maximum Gasteiger partial charge on any atom is 0.573 e. The molecule has 2 aromatic rings. The topological polar surface area (TPSA) is 26.3 Å². The third-order valence-corrected chi connectivity index (χ3v) is 3.46. The van der Waals surface area contributed by atoms with Crippen LogP contribution in [-0.2, 0) is 0 Å². The summed E-state index contributed by atoms with van der Waals surface area (Å²) in [7, 11) is 0. The summed E-state index contributed by atoms with van der Waals surface area (Å²) < 4.78 is 40.4. The molecule has 0 unspecified atom stereocenters. The summed E-state index contributed by atoms with van der Waals surface area (Å²) in [6.07, 6.45) is -4.13. The van der Waals surface area contributed by atoms with Gasteiger partial charge in [0.05, 0.1) is 0 Å². The second kappa shape index (κ2) is 5.05. The quantitative estimate of drug-likeness (QED) is 0.780. The molecule has 0 spiro atoms. The number of halogens is 3. The molecule has 100 valence electrons. The van der Waals surface area contributed by atoms with E-state index in [-0.39, 0.29) is 5.75 Å². The Morgan fingerprint density at radius 1 is 1.26 bits per heavy atom. The molecule has 2 nitrogen and oxygen atoms in total. The molecule has 1 heterocycles. The van der Waals surface area contributed by atoms with Crippen LogP contribution < -0.4 is 4.74 Å². The molecule has 0 saturated carbocycles. The zero-order valence-corrected chi connectivity index (χ0v) is 10.6. The van der Waals surface area contributed by atoms with Crippen molar-refractivity contribution in [2.24, 2.45) is 0 Å². The van der Waals surface area contributed by atoms with Crippen molar-refractivity contribution < 1.29 is 22.7 Å². The molecular formula is C13H9F3O2S. The maximum absolute atomic E-state index is 12.2. The highest BCUT2D eigenvalue weighted by molar-refractivity contribution is 7.13. The highest BCUT2D eigenvalue weighted by Crippen LogP contribution is 2.33. The Balaban J connectivity index is 2.45. The predicted octanol–water partition coefficient (Wildman–Crippen LogP) is 4.43. The third kappa shape index (κ3) is 3.35. The number of rotatable bonds is 3. The van der Waals surface area contributed by atoms with Crippen LogP contribution in [0.3, 0.4) is 0 Å². The zero-order valence-electron chi connectivity index (χ0n) is 9.82. The second-order valence-corrected chi connectivity index (χ2v) is 4.81. The minimum Gasteiger partial charge on any atom is -0.406 e. The monoisotopic (exact) mass is 286 g/mol. The lowest BCUT2D eigenvalue weighted by Crippen LogP contribution is -2.17. The molecule has 0 aliphatic rings. The first-order valence-electron chi connectivity index (χ1n) is 5.29. The average Bonchev–Trinajstić information content (AvgIpc) is 2.73. The van der Waals surface area contributed by atoms with E-state index in [2.05, 4.69) is 4.74 Å². The number of carbonyl (C=O) groups excluding carboxylic acids is 1. The number of hydrogen-bond donors (Lipinski definition) is 0. The van der Waals surface area contributed by atoms with Gasteiger partial charge in [-0.05, 0) is 42.1 Å². The Labute approximate surface area is 111 Å². The number of alkyl halides is 3. The number of hydrogen-bond acceptors (Lipinski definition) is 3. The van der Waals surface area contributed by atoms with E-state index in [0.29, 0.717) is 17.4 Å². The summed E-state index contributed by atoms with van der Waals surface area (Å²) in [5.74, 6) is -0.334. The lowest BCUT2D eigenvalue weighted by atomic mass is 10.1. The van der Waals surface area contributed by atoms with Gasteiger partial charge in [0.2, 0.25) is 0 Å². The molecule has 19 heavy (non-hydrogen) atoms. The van der Waals surface area contributed by atoms with Gasteiger partial charge in [-0.2, -0.15) is 0 Å². The lowest BCUT2D eigenvalue weighted by molar-refractivity contribution is -0.274. The number of carbonyl (C=O) groups is 1. The minimum absolute atomic E-state index is 0.330. The summed E-state index contributed by atoms with van der Waals surface area (Å²) in [6, 6.07) is 5.48. The second-order valence-electron chi connectivity index (χ2n) is 3.90. The summed E-state index contributed by atoms with van der Waals surface area (Å²) >= 11 is 1.36. The Hall–Kier alpha value is -1.82. The average molecular weight is 286 g/mol. The minimum atomic E-state index is -4.74. The van der Waals surface area contributed by atoms with E-state index >= 15 is 0 Å². The van der Waals surface area contributed by atoms with Crippen LogP contribution in [0.4, 0.5) is 13.2 Å². The highest BCUT2D eigenvalue weighted by Gasteiger charge is 2.31. The van der Waals surface area contributed by atoms with E-state index < -0.39 is 6.36 Å². The molecule has 1 aromatic heterocycles.